The number of ether oxygens (including phenoxy) is 2. The van der Waals surface area contributed by atoms with Crippen molar-refractivity contribution in [3.63, 3.8) is 0 Å². The summed E-state index contributed by atoms with van der Waals surface area (Å²) in [6.07, 6.45) is 3.66. The lowest BCUT2D eigenvalue weighted by molar-refractivity contribution is -0.135. The van der Waals surface area contributed by atoms with Gasteiger partial charge in [-0.1, -0.05) is 12.2 Å². The van der Waals surface area contributed by atoms with Crippen molar-refractivity contribution in [1.82, 2.24) is 0 Å². The molecule has 0 atom stereocenters. The Morgan fingerprint density at radius 1 is 1.33 bits per heavy atom. The average Bonchev–Trinajstić information content (AvgIpc) is 2.37. The van der Waals surface area contributed by atoms with Crippen molar-refractivity contribution in [3.8, 4) is 11.5 Å². The van der Waals surface area contributed by atoms with Gasteiger partial charge in [0.05, 0.1) is 20.6 Å². The van der Waals surface area contributed by atoms with E-state index in [1.54, 1.807) is 18.2 Å². The van der Waals surface area contributed by atoms with Crippen LogP contribution in [0.25, 0.3) is 6.08 Å². The normalized spacial score (nSPS) is 10.3. The molecule has 18 heavy (non-hydrogen) atoms. The number of carbonyl (C=O) groups excluding carboxylic acids is 1. The maximum atomic E-state index is 10.8. The minimum absolute atomic E-state index is 0.100. The molecule has 0 heterocycles. The lowest BCUT2D eigenvalue weighted by Gasteiger charge is -2.11. The highest BCUT2D eigenvalue weighted by molar-refractivity contribution is 5.80. The van der Waals surface area contributed by atoms with E-state index in [1.165, 1.54) is 20.3 Å². The van der Waals surface area contributed by atoms with Crippen molar-refractivity contribution in [2.24, 2.45) is 0 Å². The quantitative estimate of drug-likeness (QED) is 0.782. The SMILES string of the molecule is COc1cc(C=O)cc(C=CCC(=O)O)c1OC. The second-order valence-corrected chi connectivity index (χ2v) is 3.46. The molecule has 0 saturated heterocycles. The number of methoxy groups -OCH3 is 2. The Morgan fingerprint density at radius 2 is 2.06 bits per heavy atom. The number of aldehydes is 1. The lowest BCUT2D eigenvalue weighted by atomic mass is 10.1. The Hall–Kier alpha value is -2.30. The number of aliphatic carboxylic acids is 1. The van der Waals surface area contributed by atoms with Crippen LogP contribution in [0.1, 0.15) is 22.3 Å². The summed E-state index contributed by atoms with van der Waals surface area (Å²) in [5, 5.41) is 8.56. The predicted octanol–water partition coefficient (Wildman–Crippen LogP) is 2.00. The highest BCUT2D eigenvalue weighted by Gasteiger charge is 2.10. The number of benzene rings is 1. The number of carboxylic acids is 1. The first-order valence-corrected chi connectivity index (χ1v) is 5.22. The van der Waals surface area contributed by atoms with Crippen LogP contribution in [-0.4, -0.2) is 31.6 Å². The first-order valence-electron chi connectivity index (χ1n) is 5.22. The molecule has 1 N–H and O–H groups in total. The molecule has 1 aromatic rings. The van der Waals surface area contributed by atoms with Gasteiger partial charge in [0.1, 0.15) is 6.29 Å². The summed E-state index contributed by atoms with van der Waals surface area (Å²) < 4.78 is 10.3. The van der Waals surface area contributed by atoms with Crippen LogP contribution in [0, 0.1) is 0 Å². The van der Waals surface area contributed by atoms with Gasteiger partial charge in [-0.25, -0.2) is 0 Å². The van der Waals surface area contributed by atoms with Crippen LogP contribution in [0.4, 0.5) is 0 Å². The molecule has 1 aromatic carbocycles. The van der Waals surface area contributed by atoms with Gasteiger partial charge in [-0.05, 0) is 12.1 Å². The van der Waals surface area contributed by atoms with Gasteiger partial charge < -0.3 is 14.6 Å². The second kappa shape index (κ2) is 6.44. The van der Waals surface area contributed by atoms with Gasteiger partial charge >= 0.3 is 5.97 Å². The van der Waals surface area contributed by atoms with E-state index in [-0.39, 0.29) is 6.42 Å². The zero-order valence-electron chi connectivity index (χ0n) is 10.2. The summed E-state index contributed by atoms with van der Waals surface area (Å²) >= 11 is 0. The Kier molecular flexibility index (Phi) is 4.92. The van der Waals surface area contributed by atoms with Gasteiger partial charge in [-0.15, -0.1) is 0 Å². The van der Waals surface area contributed by atoms with E-state index >= 15 is 0 Å². The molecule has 0 aliphatic rings. The summed E-state index contributed by atoms with van der Waals surface area (Å²) in [7, 11) is 2.95. The summed E-state index contributed by atoms with van der Waals surface area (Å²) in [6.45, 7) is 0. The molecule has 5 heteroatoms. The molecular weight excluding hydrogens is 236 g/mol. The van der Waals surface area contributed by atoms with Gasteiger partial charge in [-0.2, -0.15) is 0 Å². The van der Waals surface area contributed by atoms with Crippen LogP contribution < -0.4 is 9.47 Å². The van der Waals surface area contributed by atoms with Crippen LogP contribution in [0.3, 0.4) is 0 Å². The molecular formula is C13H14O5. The van der Waals surface area contributed by atoms with Crippen LogP contribution >= 0.6 is 0 Å². The van der Waals surface area contributed by atoms with Crippen molar-refractivity contribution >= 4 is 18.3 Å². The fourth-order valence-corrected chi connectivity index (χ4v) is 1.49. The minimum atomic E-state index is -0.927. The summed E-state index contributed by atoms with van der Waals surface area (Å²) in [5.41, 5.74) is 1.03. The molecule has 1 rings (SSSR count). The second-order valence-electron chi connectivity index (χ2n) is 3.46. The standard InChI is InChI=1S/C13H14O5/c1-17-11-7-9(8-14)6-10(13(11)18-2)4-3-5-12(15)16/h3-4,6-8H,5H2,1-2H3,(H,15,16). The molecule has 0 aliphatic heterocycles. The van der Waals surface area contributed by atoms with Crippen LogP contribution in [0.5, 0.6) is 11.5 Å². The number of hydrogen-bond donors (Lipinski definition) is 1. The molecule has 0 radical (unpaired) electrons. The molecule has 0 bridgehead atoms. The molecule has 0 amide bonds. The van der Waals surface area contributed by atoms with Gasteiger partial charge in [0, 0.05) is 11.1 Å². The third kappa shape index (κ3) is 3.35. The molecule has 0 aliphatic carbocycles. The molecule has 96 valence electrons. The van der Waals surface area contributed by atoms with Crippen molar-refractivity contribution in [3.05, 3.63) is 29.3 Å². The van der Waals surface area contributed by atoms with E-state index in [0.717, 1.165) is 0 Å². The molecule has 0 spiro atoms. The Morgan fingerprint density at radius 3 is 2.56 bits per heavy atom. The zero-order valence-corrected chi connectivity index (χ0v) is 10.2. The van der Waals surface area contributed by atoms with E-state index in [9.17, 15) is 9.59 Å². The van der Waals surface area contributed by atoms with Crippen LogP contribution in [-0.2, 0) is 4.79 Å². The van der Waals surface area contributed by atoms with E-state index in [0.29, 0.717) is 28.9 Å². The molecule has 0 aromatic heterocycles. The molecule has 0 unspecified atom stereocenters. The van der Waals surface area contributed by atoms with E-state index in [4.69, 9.17) is 14.6 Å². The highest BCUT2D eigenvalue weighted by Crippen LogP contribution is 2.33. The smallest absolute Gasteiger partial charge is 0.307 e. The molecule has 0 saturated carbocycles. The van der Waals surface area contributed by atoms with Gasteiger partial charge in [0.2, 0.25) is 0 Å². The number of carbonyl (C=O) groups is 2. The first-order chi connectivity index (χ1) is 8.62. The van der Waals surface area contributed by atoms with Crippen molar-refractivity contribution < 1.29 is 24.2 Å². The van der Waals surface area contributed by atoms with Crippen molar-refractivity contribution in [2.45, 2.75) is 6.42 Å². The topological polar surface area (TPSA) is 72.8 Å². The Bertz CT molecular complexity index is 477. The molecule has 0 fully saturated rings. The van der Waals surface area contributed by atoms with Gasteiger partial charge in [-0.3, -0.25) is 9.59 Å². The fourth-order valence-electron chi connectivity index (χ4n) is 1.49. The van der Waals surface area contributed by atoms with E-state index in [2.05, 4.69) is 0 Å². The zero-order chi connectivity index (χ0) is 13.5. The third-order valence-electron chi connectivity index (χ3n) is 2.26. The van der Waals surface area contributed by atoms with Crippen molar-refractivity contribution in [1.29, 1.82) is 0 Å². The monoisotopic (exact) mass is 250 g/mol. The minimum Gasteiger partial charge on any atom is -0.493 e. The van der Waals surface area contributed by atoms with Crippen LogP contribution in [0.15, 0.2) is 18.2 Å². The van der Waals surface area contributed by atoms with E-state index < -0.39 is 5.97 Å². The third-order valence-corrected chi connectivity index (χ3v) is 2.26. The van der Waals surface area contributed by atoms with Gasteiger partial charge in [0.15, 0.2) is 11.5 Å². The largest absolute Gasteiger partial charge is 0.493 e. The average molecular weight is 250 g/mol. The predicted molar refractivity (Wildman–Crippen MR) is 66.2 cm³/mol. The maximum absolute atomic E-state index is 10.8. The summed E-state index contributed by atoms with van der Waals surface area (Å²) in [5.74, 6) is -0.0365. The van der Waals surface area contributed by atoms with Crippen molar-refractivity contribution in [2.75, 3.05) is 14.2 Å². The van der Waals surface area contributed by atoms with Crippen LogP contribution in [0.2, 0.25) is 0 Å². The highest BCUT2D eigenvalue weighted by atomic mass is 16.5. The first kappa shape index (κ1) is 13.8. The molecule has 5 nitrogen and oxygen atoms in total. The summed E-state index contributed by atoms with van der Waals surface area (Å²) in [4.78, 5) is 21.2. The lowest BCUT2D eigenvalue weighted by Crippen LogP contribution is -1.96. The number of carboxylic acid groups (broad SMARTS) is 1. The number of rotatable bonds is 6. The maximum Gasteiger partial charge on any atom is 0.307 e. The summed E-state index contributed by atoms with van der Waals surface area (Å²) in [6, 6.07) is 3.16. The Balaban J connectivity index is 3.17. The van der Waals surface area contributed by atoms with Gasteiger partial charge in [0.25, 0.3) is 0 Å². The Labute approximate surface area is 105 Å². The number of hydrogen-bond acceptors (Lipinski definition) is 4. The van der Waals surface area contributed by atoms with E-state index in [1.807, 2.05) is 0 Å². The fraction of sp³-hybridized carbons (Fsp3) is 0.231.